The maximum absolute atomic E-state index is 15.1. The third kappa shape index (κ3) is 3.06. The van der Waals surface area contributed by atoms with E-state index < -0.39 is 17.2 Å². The molecule has 1 aromatic heterocycles. The fourth-order valence-electron chi connectivity index (χ4n) is 4.09. The van der Waals surface area contributed by atoms with E-state index in [0.29, 0.717) is 18.6 Å². The molecule has 0 unspecified atom stereocenters. The third-order valence-electron chi connectivity index (χ3n) is 5.91. The molecule has 1 aromatic carbocycles. The summed E-state index contributed by atoms with van der Waals surface area (Å²) in [4.78, 5) is 26.0. The number of rotatable bonds is 4. The van der Waals surface area contributed by atoms with E-state index in [1.54, 1.807) is 4.57 Å². The van der Waals surface area contributed by atoms with Crippen LogP contribution in [0.4, 0.5) is 10.1 Å². The molecule has 2 aliphatic rings. The van der Waals surface area contributed by atoms with Crippen molar-refractivity contribution in [3.05, 3.63) is 38.9 Å². The van der Waals surface area contributed by atoms with Crippen LogP contribution >= 0.6 is 11.6 Å². The van der Waals surface area contributed by atoms with Crippen LogP contribution in [0.25, 0.3) is 10.9 Å². The van der Waals surface area contributed by atoms with Crippen molar-refractivity contribution in [1.29, 1.82) is 0 Å². The van der Waals surface area contributed by atoms with Gasteiger partial charge in [0.15, 0.2) is 0 Å². The number of fused-ring (bicyclic) bond motifs is 1. The molecule has 1 saturated heterocycles. The number of carboxylic acids is 1. The van der Waals surface area contributed by atoms with Gasteiger partial charge in [0.25, 0.3) is 0 Å². The number of hydrogen-bond donors (Lipinski definition) is 2. The first kappa shape index (κ1) is 19.2. The van der Waals surface area contributed by atoms with Crippen LogP contribution in [0, 0.1) is 11.7 Å². The van der Waals surface area contributed by atoms with Crippen molar-refractivity contribution in [1.82, 2.24) is 4.57 Å². The second-order valence-corrected chi connectivity index (χ2v) is 8.86. The monoisotopic (exact) mass is 407 g/mol. The van der Waals surface area contributed by atoms with Gasteiger partial charge in [-0.05, 0) is 45.1 Å². The summed E-state index contributed by atoms with van der Waals surface area (Å²) in [6.45, 7) is 5.11. The number of aromatic nitrogens is 1. The van der Waals surface area contributed by atoms with Gasteiger partial charge in [0.1, 0.15) is 11.4 Å². The number of hydrogen-bond acceptors (Lipinski definition) is 4. The van der Waals surface area contributed by atoms with E-state index >= 15 is 4.39 Å². The molecule has 3 N–H and O–H groups in total. The van der Waals surface area contributed by atoms with E-state index in [4.69, 9.17) is 17.3 Å². The lowest BCUT2D eigenvalue weighted by molar-refractivity contribution is 0.0695. The van der Waals surface area contributed by atoms with Crippen molar-refractivity contribution in [2.24, 2.45) is 11.7 Å². The van der Waals surface area contributed by atoms with Gasteiger partial charge in [-0.15, -0.1) is 0 Å². The molecular weight excluding hydrogens is 385 g/mol. The van der Waals surface area contributed by atoms with E-state index in [0.717, 1.165) is 25.3 Å². The van der Waals surface area contributed by atoms with Gasteiger partial charge in [0.2, 0.25) is 5.43 Å². The summed E-state index contributed by atoms with van der Waals surface area (Å²) in [7, 11) is 0. The van der Waals surface area contributed by atoms with Crippen LogP contribution < -0.4 is 16.1 Å². The maximum Gasteiger partial charge on any atom is 0.341 e. The van der Waals surface area contributed by atoms with Crippen molar-refractivity contribution < 1.29 is 14.3 Å². The summed E-state index contributed by atoms with van der Waals surface area (Å²) in [5.74, 6) is -1.75. The molecule has 2 fully saturated rings. The first-order valence-electron chi connectivity index (χ1n) is 9.43. The standard InChI is InChI=1S/C20H23ClFN3O3/c1-20(2,23)10-5-6-24(8-10)17-14(22)7-12-16(15(17)21)25(11-3-4-11)9-13(18(12)26)19(27)28/h7,9-11H,3-6,8,23H2,1-2H3,(H,27,28)/t10-/m1/s1. The quantitative estimate of drug-likeness (QED) is 0.811. The number of carboxylic acid groups (broad SMARTS) is 1. The highest BCUT2D eigenvalue weighted by atomic mass is 35.5. The predicted molar refractivity (Wildman–Crippen MR) is 107 cm³/mol. The zero-order valence-electron chi connectivity index (χ0n) is 15.8. The van der Waals surface area contributed by atoms with Crippen LogP contribution in [0.2, 0.25) is 5.02 Å². The van der Waals surface area contributed by atoms with Gasteiger partial charge >= 0.3 is 5.97 Å². The van der Waals surface area contributed by atoms with E-state index in [1.807, 2.05) is 18.7 Å². The van der Waals surface area contributed by atoms with Crippen LogP contribution in [-0.4, -0.2) is 34.3 Å². The number of carbonyl (C=O) groups is 1. The van der Waals surface area contributed by atoms with Gasteiger partial charge in [-0.2, -0.15) is 0 Å². The van der Waals surface area contributed by atoms with Gasteiger partial charge in [-0.3, -0.25) is 4.79 Å². The first-order valence-corrected chi connectivity index (χ1v) is 9.81. The third-order valence-corrected chi connectivity index (χ3v) is 6.27. The van der Waals surface area contributed by atoms with Gasteiger partial charge in [-0.25, -0.2) is 9.18 Å². The summed E-state index contributed by atoms with van der Waals surface area (Å²) < 4.78 is 16.8. The molecule has 150 valence electrons. The van der Waals surface area contributed by atoms with E-state index in [9.17, 15) is 14.7 Å². The average Bonchev–Trinajstić information content (AvgIpc) is 3.31. The Balaban J connectivity index is 1.91. The smallest absolute Gasteiger partial charge is 0.341 e. The Labute approximate surface area is 166 Å². The van der Waals surface area contributed by atoms with Crippen molar-refractivity contribution in [2.75, 3.05) is 18.0 Å². The van der Waals surface area contributed by atoms with Crippen LogP contribution in [0.5, 0.6) is 0 Å². The van der Waals surface area contributed by atoms with Gasteiger partial charge in [0, 0.05) is 30.9 Å². The zero-order valence-corrected chi connectivity index (χ0v) is 16.6. The number of anilines is 1. The zero-order chi connectivity index (χ0) is 20.4. The number of aromatic carboxylic acids is 1. The van der Waals surface area contributed by atoms with Gasteiger partial charge in [0.05, 0.1) is 21.6 Å². The lowest BCUT2D eigenvalue weighted by atomic mass is 9.88. The second kappa shape index (κ2) is 6.46. The molecule has 6 nitrogen and oxygen atoms in total. The minimum atomic E-state index is -1.32. The van der Waals surface area contributed by atoms with Crippen LogP contribution in [0.3, 0.4) is 0 Å². The number of pyridine rings is 1. The van der Waals surface area contributed by atoms with E-state index in [2.05, 4.69) is 0 Å². The Morgan fingerprint density at radius 1 is 1.36 bits per heavy atom. The summed E-state index contributed by atoms with van der Waals surface area (Å²) >= 11 is 6.65. The topological polar surface area (TPSA) is 88.6 Å². The minimum absolute atomic E-state index is 0.00736. The highest BCUT2D eigenvalue weighted by Crippen LogP contribution is 2.43. The molecule has 28 heavy (non-hydrogen) atoms. The molecule has 1 saturated carbocycles. The molecule has 4 rings (SSSR count). The fraction of sp³-hybridized carbons (Fsp3) is 0.500. The van der Waals surface area contributed by atoms with Crippen LogP contribution in [-0.2, 0) is 0 Å². The Morgan fingerprint density at radius 2 is 2.04 bits per heavy atom. The van der Waals surface area contributed by atoms with Gasteiger partial charge in [-0.1, -0.05) is 11.6 Å². The van der Waals surface area contributed by atoms with E-state index in [-0.39, 0.29) is 39.2 Å². The SMILES string of the molecule is CC(C)(N)[C@@H]1CCN(c2c(F)cc3c(=O)c(C(=O)O)cn(C4CC4)c3c2Cl)C1. The fourth-order valence-corrected chi connectivity index (χ4v) is 4.49. The van der Waals surface area contributed by atoms with Crippen LogP contribution in [0.15, 0.2) is 17.1 Å². The van der Waals surface area contributed by atoms with Crippen molar-refractivity contribution in [2.45, 2.75) is 44.7 Å². The summed E-state index contributed by atoms with van der Waals surface area (Å²) in [6, 6.07) is 1.21. The predicted octanol–water partition coefficient (Wildman–Crippen LogP) is 3.39. The normalized spacial score (nSPS) is 20.2. The van der Waals surface area contributed by atoms with Crippen molar-refractivity contribution in [3.8, 4) is 0 Å². The molecule has 1 aliphatic heterocycles. The molecular formula is C20H23ClFN3O3. The minimum Gasteiger partial charge on any atom is -0.477 e. The number of nitrogens with zero attached hydrogens (tertiary/aromatic N) is 2. The highest BCUT2D eigenvalue weighted by molar-refractivity contribution is 6.38. The molecule has 8 heteroatoms. The molecule has 0 radical (unpaired) electrons. The lowest BCUT2D eigenvalue weighted by Gasteiger charge is -2.28. The number of nitrogens with two attached hydrogens (primary N) is 1. The van der Waals surface area contributed by atoms with Gasteiger partial charge < -0.3 is 20.3 Å². The van der Waals surface area contributed by atoms with Crippen molar-refractivity contribution in [3.63, 3.8) is 0 Å². The molecule has 2 heterocycles. The molecule has 0 bridgehead atoms. The molecule has 1 atom stereocenters. The largest absolute Gasteiger partial charge is 0.477 e. The Morgan fingerprint density at radius 3 is 2.57 bits per heavy atom. The Bertz CT molecular complexity index is 1040. The summed E-state index contributed by atoms with van der Waals surface area (Å²) in [6.07, 6.45) is 3.90. The van der Waals surface area contributed by atoms with E-state index in [1.165, 1.54) is 6.20 Å². The molecule has 0 spiro atoms. The molecule has 2 aromatic rings. The molecule has 1 aliphatic carbocycles. The average molecular weight is 408 g/mol. The number of halogens is 2. The Kier molecular flexibility index (Phi) is 4.43. The summed E-state index contributed by atoms with van der Waals surface area (Å²) in [5, 5.41) is 9.53. The highest BCUT2D eigenvalue weighted by Gasteiger charge is 2.35. The maximum atomic E-state index is 15.1. The lowest BCUT2D eigenvalue weighted by Crippen LogP contribution is -2.42. The first-order chi connectivity index (χ1) is 13.1. The van der Waals surface area contributed by atoms with Crippen molar-refractivity contribution >= 4 is 34.2 Å². The van der Waals surface area contributed by atoms with Crippen LogP contribution in [0.1, 0.15) is 49.5 Å². The Hall–Kier alpha value is -2.12. The number of benzene rings is 1. The second-order valence-electron chi connectivity index (χ2n) is 8.49. The summed E-state index contributed by atoms with van der Waals surface area (Å²) in [5.41, 5.74) is 5.43. The molecule has 0 amide bonds.